The second-order valence-corrected chi connectivity index (χ2v) is 5.09. The number of nitrogens with two attached hydrogens (primary N) is 1. The lowest BCUT2D eigenvalue weighted by atomic mass is 9.90. The van der Waals surface area contributed by atoms with Crippen molar-refractivity contribution in [2.24, 2.45) is 11.7 Å². The molecule has 1 aliphatic rings. The standard InChI is InChI=1S/C10H8.C7H15N/c1-2-6-10-8-4-3-7-9(10)5-1;8-6-7-4-2-1-3-5-7/h1-8H;7H,1-6,8H2. The number of hydrogen-bond donors (Lipinski definition) is 1. The van der Waals surface area contributed by atoms with Gasteiger partial charge in [0.05, 0.1) is 0 Å². The van der Waals surface area contributed by atoms with Crippen LogP contribution in [-0.4, -0.2) is 6.54 Å². The van der Waals surface area contributed by atoms with Crippen LogP contribution in [0.3, 0.4) is 0 Å². The summed E-state index contributed by atoms with van der Waals surface area (Å²) in [5.41, 5.74) is 5.50. The van der Waals surface area contributed by atoms with Gasteiger partial charge in [-0.3, -0.25) is 0 Å². The van der Waals surface area contributed by atoms with Gasteiger partial charge in [-0.25, -0.2) is 0 Å². The molecule has 0 bridgehead atoms. The summed E-state index contributed by atoms with van der Waals surface area (Å²) in [4.78, 5) is 0. The van der Waals surface area contributed by atoms with Crippen LogP contribution in [0.15, 0.2) is 48.5 Å². The van der Waals surface area contributed by atoms with Crippen molar-refractivity contribution in [1.29, 1.82) is 0 Å². The molecule has 0 heterocycles. The Morgan fingerprint density at radius 1 is 0.778 bits per heavy atom. The van der Waals surface area contributed by atoms with E-state index in [1.165, 1.54) is 42.9 Å². The molecule has 0 aromatic heterocycles. The van der Waals surface area contributed by atoms with Gasteiger partial charge in [0.15, 0.2) is 0 Å². The van der Waals surface area contributed by atoms with E-state index in [0.29, 0.717) is 0 Å². The summed E-state index contributed by atoms with van der Waals surface area (Å²) in [6.07, 6.45) is 7.05. The largest absolute Gasteiger partial charge is 0.330 e. The van der Waals surface area contributed by atoms with E-state index in [1.807, 2.05) is 0 Å². The van der Waals surface area contributed by atoms with Crippen LogP contribution >= 0.6 is 0 Å². The second kappa shape index (κ2) is 7.17. The molecule has 0 atom stereocenters. The summed E-state index contributed by atoms with van der Waals surface area (Å²) >= 11 is 0. The molecule has 0 aliphatic heterocycles. The predicted octanol–water partition coefficient (Wildman–Crippen LogP) is 4.37. The average Bonchev–Trinajstić information content (AvgIpc) is 2.49. The summed E-state index contributed by atoms with van der Waals surface area (Å²) in [7, 11) is 0. The normalized spacial score (nSPS) is 16.1. The first kappa shape index (κ1) is 13.1. The quantitative estimate of drug-likeness (QED) is 0.788. The van der Waals surface area contributed by atoms with Gasteiger partial charge in [-0.2, -0.15) is 0 Å². The smallest absolute Gasteiger partial charge is 0.00489 e. The highest BCUT2D eigenvalue weighted by molar-refractivity contribution is 5.81. The fraction of sp³-hybridized carbons (Fsp3) is 0.412. The van der Waals surface area contributed by atoms with Gasteiger partial charge in [0.2, 0.25) is 0 Å². The van der Waals surface area contributed by atoms with E-state index in [-0.39, 0.29) is 0 Å². The van der Waals surface area contributed by atoms with Crippen LogP contribution in [0.5, 0.6) is 0 Å². The van der Waals surface area contributed by atoms with E-state index in [4.69, 9.17) is 5.73 Å². The molecule has 0 radical (unpaired) electrons. The van der Waals surface area contributed by atoms with Gasteiger partial charge in [0, 0.05) is 0 Å². The summed E-state index contributed by atoms with van der Waals surface area (Å²) in [6, 6.07) is 16.7. The van der Waals surface area contributed by atoms with Gasteiger partial charge in [-0.1, -0.05) is 67.8 Å². The first-order chi connectivity index (χ1) is 8.90. The Morgan fingerprint density at radius 3 is 1.56 bits per heavy atom. The van der Waals surface area contributed by atoms with Gasteiger partial charge < -0.3 is 5.73 Å². The van der Waals surface area contributed by atoms with E-state index in [1.54, 1.807) is 0 Å². The van der Waals surface area contributed by atoms with Crippen LogP contribution in [0, 0.1) is 5.92 Å². The summed E-state index contributed by atoms with van der Waals surface area (Å²) in [6.45, 7) is 0.917. The summed E-state index contributed by atoms with van der Waals surface area (Å²) in [5.74, 6) is 0.865. The van der Waals surface area contributed by atoms with Crippen molar-refractivity contribution in [2.45, 2.75) is 32.1 Å². The zero-order valence-electron chi connectivity index (χ0n) is 11.0. The van der Waals surface area contributed by atoms with Crippen molar-refractivity contribution >= 4 is 10.8 Å². The van der Waals surface area contributed by atoms with Gasteiger partial charge in [0.25, 0.3) is 0 Å². The van der Waals surface area contributed by atoms with Crippen molar-refractivity contribution in [3.05, 3.63) is 48.5 Å². The molecule has 18 heavy (non-hydrogen) atoms. The molecule has 1 aliphatic carbocycles. The highest BCUT2D eigenvalue weighted by Crippen LogP contribution is 2.21. The minimum Gasteiger partial charge on any atom is -0.330 e. The molecule has 1 saturated carbocycles. The monoisotopic (exact) mass is 241 g/mol. The first-order valence-electron chi connectivity index (χ1n) is 7.04. The average molecular weight is 241 g/mol. The molecule has 0 saturated heterocycles. The second-order valence-electron chi connectivity index (χ2n) is 5.09. The molecule has 1 fully saturated rings. The molecule has 2 aromatic carbocycles. The Morgan fingerprint density at radius 2 is 1.22 bits per heavy atom. The van der Waals surface area contributed by atoms with E-state index in [9.17, 15) is 0 Å². The van der Waals surface area contributed by atoms with Crippen LogP contribution in [0.25, 0.3) is 10.8 Å². The van der Waals surface area contributed by atoms with E-state index in [2.05, 4.69) is 48.5 Å². The predicted molar refractivity (Wildman–Crippen MR) is 79.6 cm³/mol. The molecular weight excluding hydrogens is 218 g/mol. The maximum Gasteiger partial charge on any atom is -0.00489 e. The highest BCUT2D eigenvalue weighted by atomic mass is 14.5. The maximum atomic E-state index is 5.50. The van der Waals surface area contributed by atoms with Crippen LogP contribution in [-0.2, 0) is 0 Å². The van der Waals surface area contributed by atoms with Crippen LogP contribution in [0.2, 0.25) is 0 Å². The third-order valence-electron chi connectivity index (χ3n) is 3.72. The number of rotatable bonds is 1. The summed E-state index contributed by atoms with van der Waals surface area (Å²) < 4.78 is 0. The fourth-order valence-corrected chi connectivity index (χ4v) is 2.56. The van der Waals surface area contributed by atoms with Gasteiger partial charge in [-0.05, 0) is 36.1 Å². The van der Waals surface area contributed by atoms with Crippen molar-refractivity contribution in [1.82, 2.24) is 0 Å². The molecule has 1 nitrogen and oxygen atoms in total. The Balaban J connectivity index is 0.000000138. The van der Waals surface area contributed by atoms with Crippen LogP contribution in [0.4, 0.5) is 0 Å². The number of fused-ring (bicyclic) bond motifs is 1. The minimum absolute atomic E-state index is 0.865. The Labute approximate surface area is 110 Å². The molecule has 1 heteroatoms. The van der Waals surface area contributed by atoms with Gasteiger partial charge in [-0.15, -0.1) is 0 Å². The van der Waals surface area contributed by atoms with E-state index < -0.39 is 0 Å². The molecule has 0 spiro atoms. The van der Waals surface area contributed by atoms with Crippen molar-refractivity contribution < 1.29 is 0 Å². The summed E-state index contributed by atoms with van der Waals surface area (Å²) in [5, 5.41) is 2.62. The maximum absolute atomic E-state index is 5.50. The zero-order chi connectivity index (χ0) is 12.6. The minimum atomic E-state index is 0.865. The number of hydrogen-bond acceptors (Lipinski definition) is 1. The lowest BCUT2D eigenvalue weighted by Crippen LogP contribution is -2.16. The lowest BCUT2D eigenvalue weighted by Gasteiger charge is -2.18. The lowest BCUT2D eigenvalue weighted by molar-refractivity contribution is 0.366. The highest BCUT2D eigenvalue weighted by Gasteiger charge is 2.09. The van der Waals surface area contributed by atoms with Crippen molar-refractivity contribution in [3.8, 4) is 0 Å². The molecule has 2 N–H and O–H groups in total. The van der Waals surface area contributed by atoms with Gasteiger partial charge in [0.1, 0.15) is 0 Å². The molecule has 2 aromatic rings. The molecule has 3 rings (SSSR count). The van der Waals surface area contributed by atoms with E-state index in [0.717, 1.165) is 12.5 Å². The molecule has 96 valence electrons. The van der Waals surface area contributed by atoms with E-state index >= 15 is 0 Å². The van der Waals surface area contributed by atoms with Gasteiger partial charge >= 0.3 is 0 Å². The molecular formula is C17H23N. The van der Waals surface area contributed by atoms with Crippen LogP contribution in [0.1, 0.15) is 32.1 Å². The first-order valence-corrected chi connectivity index (χ1v) is 7.04. The molecule has 0 unspecified atom stereocenters. The topological polar surface area (TPSA) is 26.0 Å². The number of benzene rings is 2. The van der Waals surface area contributed by atoms with Crippen molar-refractivity contribution in [3.63, 3.8) is 0 Å². The Kier molecular flexibility index (Phi) is 5.22. The zero-order valence-corrected chi connectivity index (χ0v) is 11.0. The Bertz CT molecular complexity index is 392. The SMILES string of the molecule is NCC1CCCCC1.c1ccc2ccccc2c1. The third-order valence-corrected chi connectivity index (χ3v) is 3.72. The Hall–Kier alpha value is -1.34. The fourth-order valence-electron chi connectivity index (χ4n) is 2.56. The van der Waals surface area contributed by atoms with Crippen LogP contribution < -0.4 is 5.73 Å². The molecule has 0 amide bonds. The van der Waals surface area contributed by atoms with Crippen molar-refractivity contribution in [2.75, 3.05) is 6.54 Å². The third kappa shape index (κ3) is 3.85.